The molecule has 0 fully saturated rings. The number of fused-ring (bicyclic) bond motifs is 2. The molecule has 0 spiro atoms. The Balaban J connectivity index is 2.04. The van der Waals surface area contributed by atoms with Crippen molar-refractivity contribution in [3.8, 4) is 11.4 Å². The van der Waals surface area contributed by atoms with Gasteiger partial charge in [0.15, 0.2) is 9.84 Å². The van der Waals surface area contributed by atoms with Gasteiger partial charge in [0.2, 0.25) is 0 Å². The Morgan fingerprint density at radius 1 is 1.10 bits per heavy atom. The summed E-state index contributed by atoms with van der Waals surface area (Å²) in [6.45, 7) is 1.53. The highest BCUT2D eigenvalue weighted by molar-refractivity contribution is 7.91. The molecule has 0 aliphatic heterocycles. The molecule has 0 saturated heterocycles. The molecular formula is C19H15F3N4O2S. The van der Waals surface area contributed by atoms with Gasteiger partial charge in [0.1, 0.15) is 11.5 Å². The summed E-state index contributed by atoms with van der Waals surface area (Å²) in [7, 11) is -2.02. The molecular weight excluding hydrogens is 405 g/mol. The maximum absolute atomic E-state index is 13.0. The van der Waals surface area contributed by atoms with Crippen molar-refractivity contribution in [2.45, 2.75) is 18.0 Å². The Morgan fingerprint density at radius 2 is 1.86 bits per heavy atom. The lowest BCUT2D eigenvalue weighted by atomic mass is 10.1. The number of nitrogens with zero attached hydrogens (tertiary/aromatic N) is 4. The molecule has 3 aromatic heterocycles. The first-order chi connectivity index (χ1) is 13.6. The summed E-state index contributed by atoms with van der Waals surface area (Å²) in [5.74, 6) is 0.113. The summed E-state index contributed by atoms with van der Waals surface area (Å²) < 4.78 is 66.0. The Bertz CT molecular complexity index is 1360. The van der Waals surface area contributed by atoms with E-state index in [1.165, 1.54) is 13.0 Å². The summed E-state index contributed by atoms with van der Waals surface area (Å²) in [6, 6.07) is 5.78. The second kappa shape index (κ2) is 6.51. The van der Waals surface area contributed by atoms with Crippen LogP contribution in [0.3, 0.4) is 0 Å². The minimum atomic E-state index is -4.60. The molecule has 0 unspecified atom stereocenters. The minimum Gasteiger partial charge on any atom is -0.326 e. The van der Waals surface area contributed by atoms with Crippen LogP contribution in [0.25, 0.3) is 33.2 Å². The Morgan fingerprint density at radius 3 is 2.55 bits per heavy atom. The number of sulfone groups is 1. The normalized spacial score (nSPS) is 12.7. The number of hydrogen-bond acceptors (Lipinski definition) is 5. The molecule has 150 valence electrons. The van der Waals surface area contributed by atoms with E-state index in [1.807, 2.05) is 0 Å². The number of imidazole rings is 1. The van der Waals surface area contributed by atoms with Crippen LogP contribution in [0.5, 0.6) is 0 Å². The van der Waals surface area contributed by atoms with Gasteiger partial charge >= 0.3 is 6.18 Å². The highest BCUT2D eigenvalue weighted by atomic mass is 32.2. The summed E-state index contributed by atoms with van der Waals surface area (Å²) >= 11 is 0. The monoisotopic (exact) mass is 420 g/mol. The second-order valence-corrected chi connectivity index (χ2v) is 8.77. The van der Waals surface area contributed by atoms with Crippen LogP contribution in [0.4, 0.5) is 13.2 Å². The molecule has 0 aliphatic carbocycles. The lowest BCUT2D eigenvalue weighted by molar-refractivity contribution is -0.141. The maximum atomic E-state index is 13.0. The Labute approximate surface area is 164 Å². The van der Waals surface area contributed by atoms with E-state index >= 15 is 0 Å². The number of pyridine rings is 2. The fourth-order valence-electron chi connectivity index (χ4n) is 3.19. The third-order valence-electron chi connectivity index (χ3n) is 4.75. The van der Waals surface area contributed by atoms with E-state index in [0.29, 0.717) is 16.5 Å². The number of benzene rings is 1. The first kappa shape index (κ1) is 19.3. The topological polar surface area (TPSA) is 77.7 Å². The van der Waals surface area contributed by atoms with Crippen LogP contribution in [-0.4, -0.2) is 33.7 Å². The third-order valence-corrected chi connectivity index (χ3v) is 6.52. The molecule has 0 bridgehead atoms. The van der Waals surface area contributed by atoms with Gasteiger partial charge in [-0.2, -0.15) is 13.2 Å². The lowest BCUT2D eigenvalue weighted by Crippen LogP contribution is -2.07. The van der Waals surface area contributed by atoms with E-state index in [9.17, 15) is 21.6 Å². The predicted octanol–water partition coefficient (Wildman–Crippen LogP) is 4.00. The summed E-state index contributed by atoms with van der Waals surface area (Å²) in [6.07, 6.45) is -0.372. The number of halogens is 3. The zero-order chi connectivity index (χ0) is 21.0. The van der Waals surface area contributed by atoms with Crippen molar-refractivity contribution in [3.05, 3.63) is 48.5 Å². The quantitative estimate of drug-likeness (QED) is 0.501. The van der Waals surface area contributed by atoms with Gasteiger partial charge in [0.25, 0.3) is 0 Å². The van der Waals surface area contributed by atoms with E-state index in [1.54, 1.807) is 36.1 Å². The Hall–Kier alpha value is -3.01. The van der Waals surface area contributed by atoms with Gasteiger partial charge in [-0.3, -0.25) is 4.98 Å². The van der Waals surface area contributed by atoms with Crippen LogP contribution in [-0.2, 0) is 23.1 Å². The molecule has 29 heavy (non-hydrogen) atoms. The van der Waals surface area contributed by atoms with Crippen molar-refractivity contribution in [2.75, 3.05) is 5.75 Å². The number of aryl methyl sites for hydroxylation is 1. The fraction of sp³-hybridized carbons (Fsp3) is 0.211. The molecule has 0 amide bonds. The van der Waals surface area contributed by atoms with E-state index in [-0.39, 0.29) is 22.0 Å². The van der Waals surface area contributed by atoms with E-state index in [0.717, 1.165) is 17.6 Å². The van der Waals surface area contributed by atoms with Crippen molar-refractivity contribution in [3.63, 3.8) is 0 Å². The molecule has 4 aromatic rings. The summed E-state index contributed by atoms with van der Waals surface area (Å²) in [5.41, 5.74) is -0.291. The zero-order valence-electron chi connectivity index (χ0n) is 15.4. The molecule has 4 rings (SSSR count). The van der Waals surface area contributed by atoms with Gasteiger partial charge in [-0.1, -0.05) is 6.92 Å². The molecule has 0 atom stereocenters. The standard InChI is InChI=1S/C19H15F3N4O2S/c1-3-29(27,28)16-7-12-9-23-5-4-11(12)6-13(16)18-25-14-8-17(19(20,21)22)24-10-15(14)26(18)2/h4-10H,3H2,1-2H3. The van der Waals surface area contributed by atoms with E-state index < -0.39 is 21.7 Å². The predicted molar refractivity (Wildman–Crippen MR) is 102 cm³/mol. The molecule has 0 saturated carbocycles. The largest absolute Gasteiger partial charge is 0.433 e. The molecule has 6 nitrogen and oxygen atoms in total. The number of aromatic nitrogens is 4. The third kappa shape index (κ3) is 3.23. The van der Waals surface area contributed by atoms with Crippen LogP contribution >= 0.6 is 0 Å². The van der Waals surface area contributed by atoms with Gasteiger partial charge < -0.3 is 4.57 Å². The molecule has 10 heteroatoms. The first-order valence-electron chi connectivity index (χ1n) is 8.62. The SMILES string of the molecule is CCS(=O)(=O)c1cc2cnccc2cc1-c1nc2cc(C(F)(F)F)ncc2n1C. The highest BCUT2D eigenvalue weighted by Crippen LogP contribution is 2.35. The van der Waals surface area contributed by atoms with Crippen LogP contribution in [0.2, 0.25) is 0 Å². The van der Waals surface area contributed by atoms with Gasteiger partial charge in [-0.05, 0) is 29.7 Å². The van der Waals surface area contributed by atoms with Crippen LogP contribution in [0.15, 0.2) is 47.8 Å². The van der Waals surface area contributed by atoms with Gasteiger partial charge in [-0.15, -0.1) is 0 Å². The molecule has 0 radical (unpaired) electrons. The van der Waals surface area contributed by atoms with Crippen molar-refractivity contribution >= 4 is 31.6 Å². The van der Waals surface area contributed by atoms with Gasteiger partial charge in [0.05, 0.1) is 27.9 Å². The molecule has 3 heterocycles. The lowest BCUT2D eigenvalue weighted by Gasteiger charge is -2.11. The highest BCUT2D eigenvalue weighted by Gasteiger charge is 2.33. The first-order valence-corrected chi connectivity index (χ1v) is 10.3. The van der Waals surface area contributed by atoms with Crippen molar-refractivity contribution in [2.24, 2.45) is 7.05 Å². The number of alkyl halides is 3. The summed E-state index contributed by atoms with van der Waals surface area (Å²) in [4.78, 5) is 11.9. The Kier molecular flexibility index (Phi) is 4.34. The second-order valence-electron chi connectivity index (χ2n) is 6.53. The van der Waals surface area contributed by atoms with Crippen LogP contribution < -0.4 is 0 Å². The number of rotatable bonds is 3. The number of hydrogen-bond donors (Lipinski definition) is 0. The van der Waals surface area contributed by atoms with E-state index in [4.69, 9.17) is 0 Å². The van der Waals surface area contributed by atoms with E-state index in [2.05, 4.69) is 15.0 Å². The van der Waals surface area contributed by atoms with Gasteiger partial charge in [0, 0.05) is 30.4 Å². The molecule has 0 aliphatic rings. The maximum Gasteiger partial charge on any atom is 0.433 e. The molecule has 0 N–H and O–H groups in total. The average molecular weight is 420 g/mol. The fourth-order valence-corrected chi connectivity index (χ4v) is 4.29. The van der Waals surface area contributed by atoms with Crippen molar-refractivity contribution in [1.29, 1.82) is 0 Å². The molecule has 1 aromatic carbocycles. The van der Waals surface area contributed by atoms with Gasteiger partial charge in [-0.25, -0.2) is 18.4 Å². The van der Waals surface area contributed by atoms with Crippen LogP contribution in [0, 0.1) is 0 Å². The van der Waals surface area contributed by atoms with Crippen LogP contribution in [0.1, 0.15) is 12.6 Å². The van der Waals surface area contributed by atoms with Crippen molar-refractivity contribution in [1.82, 2.24) is 19.5 Å². The summed E-state index contributed by atoms with van der Waals surface area (Å²) in [5, 5.41) is 1.38. The zero-order valence-corrected chi connectivity index (χ0v) is 16.2. The average Bonchev–Trinajstić information content (AvgIpc) is 3.02. The minimum absolute atomic E-state index is 0.0583. The smallest absolute Gasteiger partial charge is 0.326 e. The van der Waals surface area contributed by atoms with Crippen molar-refractivity contribution < 1.29 is 21.6 Å².